The van der Waals surface area contributed by atoms with E-state index >= 15 is 0 Å². The van der Waals surface area contributed by atoms with Crippen LogP contribution in [0.15, 0.2) is 35.5 Å². The summed E-state index contributed by atoms with van der Waals surface area (Å²) in [6.45, 7) is 5.68. The maximum atomic E-state index is 14.7. The molecule has 0 radical (unpaired) electrons. The minimum absolute atomic E-state index is 0.0249. The van der Waals surface area contributed by atoms with Crippen LogP contribution in [0.4, 0.5) is 4.39 Å². The standard InChI is InChI=1S/C24H24FN3O3/c1-4-5-8-30-16-9-14(2)22(27-13-16)20(29)11-15-6-7-19(25)17(10-15)24(3)18-12-21(18)31-23(26)28-24/h6-7,9-10,13,18,21H,8,11-12H2,1-3H3,(H2,26,28)/t18-,21+,24+/m1/s1. The van der Waals surface area contributed by atoms with Gasteiger partial charge in [-0.2, -0.15) is 0 Å². The van der Waals surface area contributed by atoms with E-state index in [0.717, 1.165) is 6.42 Å². The molecule has 3 atom stereocenters. The number of aliphatic imine (C=N–C) groups is 1. The molecule has 160 valence electrons. The van der Waals surface area contributed by atoms with Gasteiger partial charge in [0, 0.05) is 17.9 Å². The molecule has 2 N–H and O–H groups in total. The molecule has 1 aliphatic heterocycles. The van der Waals surface area contributed by atoms with E-state index in [-0.39, 0.29) is 42.7 Å². The second-order valence-corrected chi connectivity index (χ2v) is 8.06. The molecule has 1 aromatic heterocycles. The summed E-state index contributed by atoms with van der Waals surface area (Å²) in [6, 6.07) is 6.55. The molecule has 1 saturated carbocycles. The number of aryl methyl sites for hydroxylation is 1. The molecular weight excluding hydrogens is 397 g/mol. The Hall–Kier alpha value is -3.40. The van der Waals surface area contributed by atoms with Crippen LogP contribution in [0.5, 0.6) is 5.75 Å². The topological polar surface area (TPSA) is 86.8 Å². The van der Waals surface area contributed by atoms with E-state index in [4.69, 9.17) is 15.2 Å². The molecule has 1 aromatic carbocycles. The second-order valence-electron chi connectivity index (χ2n) is 8.06. The van der Waals surface area contributed by atoms with E-state index < -0.39 is 5.54 Å². The van der Waals surface area contributed by atoms with Crippen LogP contribution < -0.4 is 10.5 Å². The van der Waals surface area contributed by atoms with Crippen LogP contribution in [-0.2, 0) is 16.7 Å². The summed E-state index contributed by atoms with van der Waals surface area (Å²) < 4.78 is 25.7. The van der Waals surface area contributed by atoms with Gasteiger partial charge in [-0.3, -0.25) is 4.79 Å². The van der Waals surface area contributed by atoms with Gasteiger partial charge in [-0.05, 0) is 56.5 Å². The molecule has 1 aliphatic carbocycles. The molecule has 6 nitrogen and oxygen atoms in total. The van der Waals surface area contributed by atoms with Gasteiger partial charge in [-0.15, -0.1) is 5.92 Å². The summed E-state index contributed by atoms with van der Waals surface area (Å²) in [5.74, 6) is 5.68. The highest BCUT2D eigenvalue weighted by Crippen LogP contribution is 2.53. The van der Waals surface area contributed by atoms with Crippen molar-refractivity contribution in [1.29, 1.82) is 0 Å². The first kappa shape index (κ1) is 20.9. The molecule has 0 spiro atoms. The number of aromatic nitrogens is 1. The number of carbonyl (C=O) groups excluding carboxylic acids is 1. The minimum atomic E-state index is -0.801. The van der Waals surface area contributed by atoms with Crippen molar-refractivity contribution in [2.24, 2.45) is 16.6 Å². The van der Waals surface area contributed by atoms with Crippen LogP contribution in [-0.4, -0.2) is 29.5 Å². The van der Waals surface area contributed by atoms with E-state index in [2.05, 4.69) is 21.8 Å². The minimum Gasteiger partial charge on any atom is -0.479 e. The number of nitrogens with two attached hydrogens (primary N) is 1. The number of pyridine rings is 1. The van der Waals surface area contributed by atoms with Gasteiger partial charge >= 0.3 is 0 Å². The number of carbonyl (C=O) groups is 1. The number of nitrogens with zero attached hydrogens (tertiary/aromatic N) is 2. The van der Waals surface area contributed by atoms with Gasteiger partial charge in [0.05, 0.1) is 11.7 Å². The van der Waals surface area contributed by atoms with Gasteiger partial charge in [0.2, 0.25) is 0 Å². The molecule has 0 unspecified atom stereocenters. The molecule has 2 heterocycles. The number of ketones is 1. The molecule has 2 aliphatic rings. The zero-order chi connectivity index (χ0) is 22.2. The van der Waals surface area contributed by atoms with Crippen molar-refractivity contribution >= 4 is 11.8 Å². The van der Waals surface area contributed by atoms with Crippen molar-refractivity contribution in [3.63, 3.8) is 0 Å². The summed E-state index contributed by atoms with van der Waals surface area (Å²) in [7, 11) is 0. The lowest BCUT2D eigenvalue weighted by Gasteiger charge is -2.30. The van der Waals surface area contributed by atoms with Crippen molar-refractivity contribution in [1.82, 2.24) is 4.98 Å². The maximum absolute atomic E-state index is 14.7. The molecule has 0 saturated heterocycles. The van der Waals surface area contributed by atoms with E-state index in [1.54, 1.807) is 25.1 Å². The van der Waals surface area contributed by atoms with E-state index in [9.17, 15) is 9.18 Å². The normalized spacial score (nSPS) is 23.5. The number of Topliss-reactive ketones (excluding diaryl/α,β-unsaturated/α-hetero) is 1. The zero-order valence-corrected chi connectivity index (χ0v) is 17.7. The highest BCUT2D eigenvalue weighted by molar-refractivity contribution is 5.97. The Kier molecular flexibility index (Phi) is 5.40. The number of rotatable bonds is 6. The first-order valence-corrected chi connectivity index (χ1v) is 10.1. The van der Waals surface area contributed by atoms with Crippen LogP contribution in [0.1, 0.15) is 47.4 Å². The SMILES string of the molecule is CC#CCOc1cnc(C(=O)Cc2ccc(F)c([C@]3(C)N=C(N)O[C@H]4C[C@H]43)c2)c(C)c1. The number of hydrogen-bond acceptors (Lipinski definition) is 6. The summed E-state index contributed by atoms with van der Waals surface area (Å²) >= 11 is 0. The Bertz CT molecular complexity index is 1130. The maximum Gasteiger partial charge on any atom is 0.283 e. The number of hydrogen-bond donors (Lipinski definition) is 1. The van der Waals surface area contributed by atoms with Gasteiger partial charge in [-0.1, -0.05) is 12.0 Å². The number of halogens is 1. The largest absolute Gasteiger partial charge is 0.479 e. The highest BCUT2D eigenvalue weighted by Gasteiger charge is 2.57. The van der Waals surface area contributed by atoms with Gasteiger partial charge in [0.1, 0.15) is 30.0 Å². The summed E-state index contributed by atoms with van der Waals surface area (Å²) in [5, 5.41) is 0. The Morgan fingerprint density at radius 1 is 1.42 bits per heavy atom. The quantitative estimate of drug-likeness (QED) is 0.571. The molecular formula is C24H24FN3O3. The van der Waals surface area contributed by atoms with E-state index in [1.807, 2.05) is 13.8 Å². The van der Waals surface area contributed by atoms with Crippen LogP contribution in [0.2, 0.25) is 0 Å². The molecule has 7 heteroatoms. The van der Waals surface area contributed by atoms with Gasteiger partial charge in [-0.25, -0.2) is 14.4 Å². The first-order chi connectivity index (χ1) is 14.8. The van der Waals surface area contributed by atoms with Gasteiger partial charge < -0.3 is 15.2 Å². The zero-order valence-electron chi connectivity index (χ0n) is 17.7. The lowest BCUT2D eigenvalue weighted by atomic mass is 9.85. The van der Waals surface area contributed by atoms with Crippen LogP contribution in [0, 0.1) is 30.5 Å². The summed E-state index contributed by atoms with van der Waals surface area (Å²) in [5.41, 5.74) is 7.20. The van der Waals surface area contributed by atoms with Crippen LogP contribution >= 0.6 is 0 Å². The van der Waals surface area contributed by atoms with E-state index in [1.165, 1.54) is 12.3 Å². The molecule has 31 heavy (non-hydrogen) atoms. The van der Waals surface area contributed by atoms with Crippen LogP contribution in [0.3, 0.4) is 0 Å². The lowest BCUT2D eigenvalue weighted by molar-refractivity contribution is 0.0987. The number of fused-ring (bicyclic) bond motifs is 1. The van der Waals surface area contributed by atoms with Crippen molar-refractivity contribution in [3.05, 3.63) is 58.7 Å². The van der Waals surface area contributed by atoms with Crippen LogP contribution in [0.25, 0.3) is 0 Å². The lowest BCUT2D eigenvalue weighted by Crippen LogP contribution is -2.35. The Balaban J connectivity index is 1.55. The van der Waals surface area contributed by atoms with Crippen molar-refractivity contribution in [2.75, 3.05) is 6.61 Å². The van der Waals surface area contributed by atoms with E-state index in [0.29, 0.717) is 28.1 Å². The Morgan fingerprint density at radius 3 is 2.97 bits per heavy atom. The van der Waals surface area contributed by atoms with Gasteiger partial charge in [0.25, 0.3) is 6.02 Å². The summed E-state index contributed by atoms with van der Waals surface area (Å²) in [6.07, 6.45) is 2.37. The van der Waals surface area contributed by atoms with Crippen molar-refractivity contribution in [2.45, 2.75) is 45.3 Å². The van der Waals surface area contributed by atoms with Crippen molar-refractivity contribution in [3.8, 4) is 17.6 Å². The summed E-state index contributed by atoms with van der Waals surface area (Å²) in [4.78, 5) is 21.6. The monoisotopic (exact) mass is 421 g/mol. The third-order valence-electron chi connectivity index (χ3n) is 5.81. The fourth-order valence-electron chi connectivity index (χ4n) is 4.10. The second kappa shape index (κ2) is 8.03. The molecule has 1 fully saturated rings. The fourth-order valence-corrected chi connectivity index (χ4v) is 4.10. The predicted octanol–water partition coefficient (Wildman–Crippen LogP) is 3.31. The fraction of sp³-hybridized carbons (Fsp3) is 0.375. The Labute approximate surface area is 180 Å². The molecule has 0 amide bonds. The molecule has 2 aromatic rings. The number of amidine groups is 1. The number of benzene rings is 1. The predicted molar refractivity (Wildman–Crippen MR) is 114 cm³/mol. The van der Waals surface area contributed by atoms with Crippen molar-refractivity contribution < 1.29 is 18.7 Å². The first-order valence-electron chi connectivity index (χ1n) is 10.1. The number of ether oxygens (including phenoxy) is 2. The smallest absolute Gasteiger partial charge is 0.283 e. The third kappa shape index (κ3) is 4.11. The highest BCUT2D eigenvalue weighted by atomic mass is 19.1. The Morgan fingerprint density at radius 2 is 2.23 bits per heavy atom. The molecule has 4 rings (SSSR count). The third-order valence-corrected chi connectivity index (χ3v) is 5.81. The average molecular weight is 421 g/mol. The molecule has 0 bridgehead atoms. The average Bonchev–Trinajstić information content (AvgIpc) is 3.50. The van der Waals surface area contributed by atoms with Gasteiger partial charge in [0.15, 0.2) is 5.78 Å².